The minimum atomic E-state index is -1.37. The maximum atomic E-state index is 13.3. The van der Waals surface area contributed by atoms with Crippen molar-refractivity contribution in [2.24, 2.45) is 27.9 Å². The number of amides is 4. The van der Waals surface area contributed by atoms with Crippen LogP contribution in [0.25, 0.3) is 0 Å². The van der Waals surface area contributed by atoms with Gasteiger partial charge in [0.2, 0.25) is 23.6 Å². The molecule has 0 saturated carbocycles. The molecule has 4 amide bonds. The highest BCUT2D eigenvalue weighted by molar-refractivity contribution is 5.95. The number of aliphatic imine (C=N–C) groups is 1. The summed E-state index contributed by atoms with van der Waals surface area (Å²) in [5, 5.41) is 26.6. The van der Waals surface area contributed by atoms with E-state index in [-0.39, 0.29) is 43.9 Å². The van der Waals surface area contributed by atoms with Crippen molar-refractivity contribution >= 4 is 35.6 Å². The van der Waals surface area contributed by atoms with Gasteiger partial charge in [0.25, 0.3) is 0 Å². The van der Waals surface area contributed by atoms with Crippen LogP contribution in [0.15, 0.2) is 41.8 Å². The minimum absolute atomic E-state index is 0.00692. The number of carboxylic acids is 1. The molecule has 0 fully saturated rings. The van der Waals surface area contributed by atoms with Crippen LogP contribution in [0.2, 0.25) is 0 Å². The third kappa shape index (κ3) is 11.5. The fourth-order valence-corrected chi connectivity index (χ4v) is 3.80. The van der Waals surface area contributed by atoms with Gasteiger partial charge in [0.1, 0.15) is 23.9 Å². The van der Waals surface area contributed by atoms with Gasteiger partial charge in [-0.15, -0.1) is 0 Å². The maximum Gasteiger partial charge on any atom is 0.326 e. The summed E-state index contributed by atoms with van der Waals surface area (Å²) < 4.78 is 0. The molecule has 2 rings (SSSR count). The van der Waals surface area contributed by atoms with Crippen LogP contribution in [0.4, 0.5) is 0 Å². The van der Waals surface area contributed by atoms with E-state index in [4.69, 9.17) is 22.9 Å². The second-order valence-corrected chi connectivity index (χ2v) is 9.40. The van der Waals surface area contributed by atoms with Gasteiger partial charge in [0.05, 0.1) is 18.8 Å². The van der Waals surface area contributed by atoms with Gasteiger partial charge in [-0.25, -0.2) is 9.78 Å². The smallest absolute Gasteiger partial charge is 0.326 e. The second kappa shape index (κ2) is 16.2. The van der Waals surface area contributed by atoms with Gasteiger partial charge < -0.3 is 54.1 Å². The molecule has 0 aliphatic heterocycles. The molecule has 4 atom stereocenters. The molecule has 4 unspecified atom stereocenters. The van der Waals surface area contributed by atoms with Crippen molar-refractivity contribution in [1.82, 2.24) is 25.9 Å². The molecular formula is C25H36N10O7. The van der Waals surface area contributed by atoms with Crippen LogP contribution >= 0.6 is 0 Å². The van der Waals surface area contributed by atoms with Crippen LogP contribution in [0.5, 0.6) is 5.75 Å². The van der Waals surface area contributed by atoms with E-state index in [0.717, 1.165) is 0 Å². The summed E-state index contributed by atoms with van der Waals surface area (Å²) >= 11 is 0. The van der Waals surface area contributed by atoms with Gasteiger partial charge in [-0.2, -0.15) is 0 Å². The predicted molar refractivity (Wildman–Crippen MR) is 149 cm³/mol. The number of rotatable bonds is 17. The molecule has 0 radical (unpaired) electrons. The van der Waals surface area contributed by atoms with Crippen LogP contribution in [-0.4, -0.2) is 86.5 Å². The number of aromatic hydroxyl groups is 1. The lowest BCUT2D eigenvalue weighted by molar-refractivity contribution is -0.142. The van der Waals surface area contributed by atoms with Gasteiger partial charge >= 0.3 is 5.97 Å². The zero-order chi connectivity index (χ0) is 31.2. The van der Waals surface area contributed by atoms with E-state index in [1.165, 1.54) is 36.8 Å². The van der Waals surface area contributed by atoms with Gasteiger partial charge in [-0.3, -0.25) is 24.2 Å². The fourth-order valence-electron chi connectivity index (χ4n) is 3.80. The normalized spacial score (nSPS) is 13.5. The summed E-state index contributed by atoms with van der Waals surface area (Å²) in [5.74, 6) is -4.75. The number of primary amides is 1. The molecule has 0 saturated heterocycles. The van der Waals surface area contributed by atoms with E-state index >= 15 is 0 Å². The summed E-state index contributed by atoms with van der Waals surface area (Å²) in [7, 11) is 0. The zero-order valence-corrected chi connectivity index (χ0v) is 22.7. The van der Waals surface area contributed by atoms with Crippen LogP contribution < -0.4 is 38.9 Å². The van der Waals surface area contributed by atoms with Crippen LogP contribution in [0, 0.1) is 0 Å². The first kappa shape index (κ1) is 33.0. The topological polar surface area (TPSA) is 307 Å². The summed E-state index contributed by atoms with van der Waals surface area (Å²) in [5.41, 5.74) is 22.5. The number of hydrogen-bond donors (Lipinski definition) is 10. The highest BCUT2D eigenvalue weighted by atomic mass is 16.4. The summed E-state index contributed by atoms with van der Waals surface area (Å²) in [6.07, 6.45) is 2.39. The number of phenolic OH excluding ortho intramolecular Hbond substituents is 1. The van der Waals surface area contributed by atoms with E-state index in [0.29, 0.717) is 11.3 Å². The molecule has 228 valence electrons. The largest absolute Gasteiger partial charge is 0.508 e. The van der Waals surface area contributed by atoms with Gasteiger partial charge in [-0.05, 0) is 30.5 Å². The van der Waals surface area contributed by atoms with E-state index in [1.807, 2.05) is 0 Å². The third-order valence-electron chi connectivity index (χ3n) is 5.94. The number of aromatic nitrogens is 2. The number of nitrogens with two attached hydrogens (primary N) is 4. The Morgan fingerprint density at radius 1 is 0.905 bits per heavy atom. The van der Waals surface area contributed by atoms with Crippen LogP contribution in [0.3, 0.4) is 0 Å². The van der Waals surface area contributed by atoms with Crippen molar-refractivity contribution in [1.29, 1.82) is 0 Å². The van der Waals surface area contributed by atoms with Gasteiger partial charge in [0.15, 0.2) is 5.96 Å². The number of benzene rings is 1. The number of H-pyrrole nitrogens is 1. The van der Waals surface area contributed by atoms with Gasteiger partial charge in [0, 0.05) is 31.3 Å². The molecule has 42 heavy (non-hydrogen) atoms. The highest BCUT2D eigenvalue weighted by Gasteiger charge is 2.31. The zero-order valence-electron chi connectivity index (χ0n) is 22.7. The number of nitrogens with one attached hydrogen (secondary N) is 4. The molecule has 0 spiro atoms. The number of carboxylic acid groups (broad SMARTS) is 1. The Morgan fingerprint density at radius 2 is 1.52 bits per heavy atom. The van der Waals surface area contributed by atoms with Crippen molar-refractivity contribution in [3.8, 4) is 5.75 Å². The molecule has 17 heteroatoms. The molecule has 17 nitrogen and oxygen atoms in total. The highest BCUT2D eigenvalue weighted by Crippen LogP contribution is 2.12. The average Bonchev–Trinajstić information content (AvgIpc) is 3.43. The van der Waals surface area contributed by atoms with Crippen LogP contribution in [0.1, 0.15) is 30.5 Å². The van der Waals surface area contributed by atoms with E-state index in [2.05, 4.69) is 30.9 Å². The van der Waals surface area contributed by atoms with Gasteiger partial charge in [-0.1, -0.05) is 12.1 Å². The standard InChI is InChI=1S/C25H36N10O7/c26-16(10-20(27)37)21(38)33-17(2-1-7-31-25(28)29)22(39)34-18(9-14-11-30-12-32-14)23(40)35-19(24(41)42)8-13-3-5-15(36)6-4-13/h3-6,11-12,16-19,36H,1-2,7-10,26H2,(H2,27,37)(H,30,32)(H,33,38)(H,34,39)(H,35,40)(H,41,42)(H4,28,29,31). The third-order valence-corrected chi connectivity index (χ3v) is 5.94. The lowest BCUT2D eigenvalue weighted by Crippen LogP contribution is -2.58. The predicted octanol–water partition coefficient (Wildman–Crippen LogP) is -3.30. The quantitative estimate of drug-likeness (QED) is 0.0495. The number of imidazole rings is 1. The monoisotopic (exact) mass is 588 g/mol. The first-order chi connectivity index (χ1) is 19.8. The van der Waals surface area contributed by atoms with E-state index in [1.54, 1.807) is 0 Å². The molecule has 0 aliphatic rings. The van der Waals surface area contributed by atoms with Crippen molar-refractivity contribution < 1.29 is 34.2 Å². The van der Waals surface area contributed by atoms with Crippen LogP contribution in [-0.2, 0) is 36.8 Å². The van der Waals surface area contributed by atoms with Crippen molar-refractivity contribution in [2.75, 3.05) is 6.54 Å². The molecule has 1 aromatic carbocycles. The van der Waals surface area contributed by atoms with E-state index in [9.17, 15) is 34.2 Å². The maximum absolute atomic E-state index is 13.3. The van der Waals surface area contributed by atoms with E-state index < -0.39 is 60.2 Å². The Balaban J connectivity index is 2.23. The Morgan fingerprint density at radius 3 is 2.10 bits per heavy atom. The van der Waals surface area contributed by atoms with Crippen molar-refractivity contribution in [3.63, 3.8) is 0 Å². The minimum Gasteiger partial charge on any atom is -0.508 e. The number of carbonyl (C=O) groups excluding carboxylic acids is 4. The molecule has 1 heterocycles. The Kier molecular flexibility index (Phi) is 12.7. The molecule has 0 bridgehead atoms. The molecule has 2 aromatic rings. The fraction of sp³-hybridized carbons (Fsp3) is 0.400. The van der Waals surface area contributed by atoms with Crippen molar-refractivity contribution in [3.05, 3.63) is 48.0 Å². The molecule has 0 aliphatic carbocycles. The first-order valence-electron chi connectivity index (χ1n) is 12.8. The summed E-state index contributed by atoms with van der Waals surface area (Å²) in [6, 6.07) is 0.578. The molecule has 1 aromatic heterocycles. The lowest BCUT2D eigenvalue weighted by Gasteiger charge is -2.25. The Hall–Kier alpha value is -5.19. The number of carbonyl (C=O) groups is 5. The number of aromatic amines is 1. The SMILES string of the molecule is NC(=O)CC(N)C(=O)NC(CCCN=C(N)N)C(=O)NC(Cc1cnc[nH]1)C(=O)NC(Cc1ccc(O)cc1)C(=O)O. The lowest BCUT2D eigenvalue weighted by atomic mass is 10.0. The molecule has 14 N–H and O–H groups in total. The molecular weight excluding hydrogens is 552 g/mol. The number of guanidine groups is 1. The summed E-state index contributed by atoms with van der Waals surface area (Å²) in [6.45, 7) is 0.130. The number of nitrogens with zero attached hydrogens (tertiary/aromatic N) is 2. The average molecular weight is 589 g/mol. The number of phenols is 1. The Bertz CT molecular complexity index is 1250. The number of aliphatic carboxylic acids is 1. The second-order valence-electron chi connectivity index (χ2n) is 9.40. The summed E-state index contributed by atoms with van der Waals surface area (Å²) in [4.78, 5) is 72.9. The number of hydrogen-bond acceptors (Lipinski definition) is 9. The Labute approximate surface area is 240 Å². The van der Waals surface area contributed by atoms with Crippen molar-refractivity contribution in [2.45, 2.75) is 56.3 Å². The first-order valence-corrected chi connectivity index (χ1v) is 12.8.